The van der Waals surface area contributed by atoms with Crippen LogP contribution in [-0.4, -0.2) is 20.1 Å². The lowest BCUT2D eigenvalue weighted by Gasteiger charge is -2.12. The molecule has 1 amide bonds. The first-order valence-corrected chi connectivity index (χ1v) is 5.71. The van der Waals surface area contributed by atoms with E-state index >= 15 is 0 Å². The molecule has 0 unspecified atom stereocenters. The van der Waals surface area contributed by atoms with E-state index < -0.39 is 0 Å². The van der Waals surface area contributed by atoms with Crippen LogP contribution in [0.4, 0.5) is 0 Å². The van der Waals surface area contributed by atoms with E-state index in [-0.39, 0.29) is 5.91 Å². The van der Waals surface area contributed by atoms with Gasteiger partial charge >= 0.3 is 0 Å². The summed E-state index contributed by atoms with van der Waals surface area (Å²) in [6, 6.07) is 5.98. The number of rotatable bonds is 5. The van der Waals surface area contributed by atoms with Crippen LogP contribution in [-0.2, 0) is 11.2 Å². The molecule has 4 nitrogen and oxygen atoms in total. The van der Waals surface area contributed by atoms with Gasteiger partial charge in [-0.1, -0.05) is 26.0 Å². The van der Waals surface area contributed by atoms with Crippen LogP contribution in [0.2, 0.25) is 0 Å². The first kappa shape index (κ1) is 13.5. The maximum Gasteiger partial charge on any atom is 0.238 e. The van der Waals surface area contributed by atoms with Crippen LogP contribution >= 0.6 is 0 Å². The number of hydrogen-bond donors (Lipinski definition) is 2. The number of carbonyl (C=O) groups is 1. The number of amides is 1. The molecule has 0 aliphatic carbocycles. The average molecular weight is 236 g/mol. The molecule has 1 aromatic carbocycles. The minimum atomic E-state index is -0.0805. The van der Waals surface area contributed by atoms with E-state index in [1.165, 1.54) is 5.56 Å². The van der Waals surface area contributed by atoms with Crippen molar-refractivity contribution in [2.45, 2.75) is 26.2 Å². The van der Waals surface area contributed by atoms with Crippen molar-refractivity contribution >= 4 is 5.91 Å². The van der Waals surface area contributed by atoms with E-state index in [1.807, 2.05) is 18.2 Å². The molecule has 0 saturated heterocycles. The van der Waals surface area contributed by atoms with Crippen LogP contribution in [0.15, 0.2) is 18.2 Å². The number of nitrogens with one attached hydrogen (secondary N) is 2. The maximum atomic E-state index is 11.5. The molecule has 0 radical (unpaired) electrons. The quantitative estimate of drug-likeness (QED) is 0.764. The first-order chi connectivity index (χ1) is 8.08. The van der Waals surface area contributed by atoms with Crippen molar-refractivity contribution in [2.75, 3.05) is 14.2 Å². The topological polar surface area (TPSA) is 50.4 Å². The Morgan fingerprint density at radius 3 is 2.65 bits per heavy atom. The molecule has 4 heteroatoms. The third-order valence-electron chi connectivity index (χ3n) is 2.59. The average Bonchev–Trinajstić information content (AvgIpc) is 2.29. The normalized spacial score (nSPS) is 10.4. The molecule has 94 valence electrons. The van der Waals surface area contributed by atoms with Crippen LogP contribution < -0.4 is 15.6 Å². The van der Waals surface area contributed by atoms with Crippen LogP contribution in [0.5, 0.6) is 5.75 Å². The number of ether oxygens (including phenoxy) is 1. The predicted octanol–water partition coefficient (Wildman–Crippen LogP) is 1.61. The third kappa shape index (κ3) is 3.75. The number of carbonyl (C=O) groups excluding carboxylic acids is 1. The summed E-state index contributed by atoms with van der Waals surface area (Å²) < 4.78 is 5.31. The second-order valence-corrected chi connectivity index (χ2v) is 4.20. The van der Waals surface area contributed by atoms with Crippen molar-refractivity contribution in [1.82, 2.24) is 10.9 Å². The summed E-state index contributed by atoms with van der Waals surface area (Å²) in [7, 11) is 3.29. The summed E-state index contributed by atoms with van der Waals surface area (Å²) in [6.07, 6.45) is 0.308. The van der Waals surface area contributed by atoms with Crippen molar-refractivity contribution in [2.24, 2.45) is 0 Å². The number of benzene rings is 1. The zero-order valence-corrected chi connectivity index (χ0v) is 10.8. The van der Waals surface area contributed by atoms with Crippen LogP contribution in [0.1, 0.15) is 30.9 Å². The summed E-state index contributed by atoms with van der Waals surface area (Å²) in [5.74, 6) is 1.13. The minimum absolute atomic E-state index is 0.0805. The molecule has 0 saturated carbocycles. The van der Waals surface area contributed by atoms with Crippen molar-refractivity contribution in [1.29, 1.82) is 0 Å². The maximum absolute atomic E-state index is 11.5. The predicted molar refractivity (Wildman–Crippen MR) is 68.0 cm³/mol. The van der Waals surface area contributed by atoms with Gasteiger partial charge in [0.25, 0.3) is 0 Å². The zero-order valence-electron chi connectivity index (χ0n) is 10.8. The van der Waals surface area contributed by atoms with Crippen molar-refractivity contribution in [3.8, 4) is 5.75 Å². The van der Waals surface area contributed by atoms with E-state index in [4.69, 9.17) is 4.74 Å². The highest BCUT2D eigenvalue weighted by Crippen LogP contribution is 2.24. The van der Waals surface area contributed by atoms with Gasteiger partial charge in [-0.2, -0.15) is 0 Å². The lowest BCUT2D eigenvalue weighted by atomic mass is 10.00. The van der Waals surface area contributed by atoms with Crippen molar-refractivity contribution < 1.29 is 9.53 Å². The molecule has 0 aromatic heterocycles. The van der Waals surface area contributed by atoms with Gasteiger partial charge in [-0.05, 0) is 17.5 Å². The molecular formula is C13H20N2O2. The van der Waals surface area contributed by atoms with Crippen molar-refractivity contribution in [3.05, 3.63) is 29.3 Å². The first-order valence-electron chi connectivity index (χ1n) is 5.71. The Hall–Kier alpha value is -1.55. The summed E-state index contributed by atoms with van der Waals surface area (Å²) in [6.45, 7) is 4.25. The van der Waals surface area contributed by atoms with Gasteiger partial charge in [0.05, 0.1) is 13.5 Å². The van der Waals surface area contributed by atoms with Crippen LogP contribution in [0.3, 0.4) is 0 Å². The lowest BCUT2D eigenvalue weighted by Crippen LogP contribution is -2.35. The molecular weight excluding hydrogens is 216 g/mol. The molecule has 0 bridgehead atoms. The summed E-state index contributed by atoms with van der Waals surface area (Å²) >= 11 is 0. The minimum Gasteiger partial charge on any atom is -0.496 e. The highest BCUT2D eigenvalue weighted by atomic mass is 16.5. The smallest absolute Gasteiger partial charge is 0.238 e. The van der Waals surface area contributed by atoms with Crippen molar-refractivity contribution in [3.63, 3.8) is 0 Å². The SMILES string of the molecule is CNNC(=O)Cc1ccc(C(C)C)cc1OC. The standard InChI is InChI=1S/C13H20N2O2/c1-9(2)10-5-6-11(12(7-10)17-4)8-13(16)15-14-3/h5-7,9,14H,8H2,1-4H3,(H,15,16). The Balaban J connectivity index is 2.89. The van der Waals surface area contributed by atoms with E-state index in [9.17, 15) is 4.79 Å². The Bertz CT molecular complexity index is 389. The Morgan fingerprint density at radius 2 is 2.12 bits per heavy atom. The molecule has 0 heterocycles. The number of methoxy groups -OCH3 is 1. The molecule has 0 fully saturated rings. The molecule has 0 spiro atoms. The number of hydrogen-bond acceptors (Lipinski definition) is 3. The monoisotopic (exact) mass is 236 g/mol. The van der Waals surface area contributed by atoms with Gasteiger partial charge in [0.15, 0.2) is 0 Å². The van der Waals surface area contributed by atoms with Gasteiger partial charge in [0.1, 0.15) is 5.75 Å². The Kier molecular flexibility index (Phi) is 4.97. The van der Waals surface area contributed by atoms with Gasteiger partial charge in [-0.15, -0.1) is 0 Å². The molecule has 0 atom stereocenters. The fourth-order valence-electron chi connectivity index (χ4n) is 1.62. The fourth-order valence-corrected chi connectivity index (χ4v) is 1.62. The summed E-state index contributed by atoms with van der Waals surface area (Å²) in [5.41, 5.74) is 7.25. The van der Waals surface area contributed by atoms with Gasteiger partial charge in [-0.25, -0.2) is 5.43 Å². The van der Waals surface area contributed by atoms with E-state index in [0.717, 1.165) is 11.3 Å². The van der Waals surface area contributed by atoms with Crippen LogP contribution in [0.25, 0.3) is 0 Å². The molecule has 2 N–H and O–H groups in total. The third-order valence-corrected chi connectivity index (χ3v) is 2.59. The zero-order chi connectivity index (χ0) is 12.8. The lowest BCUT2D eigenvalue weighted by molar-refractivity contribution is -0.121. The van der Waals surface area contributed by atoms with Crippen LogP contribution in [0, 0.1) is 0 Å². The van der Waals surface area contributed by atoms with E-state index in [2.05, 4.69) is 24.7 Å². The fraction of sp³-hybridized carbons (Fsp3) is 0.462. The molecule has 1 aromatic rings. The van der Waals surface area contributed by atoms with Gasteiger partial charge in [-0.3, -0.25) is 10.2 Å². The second-order valence-electron chi connectivity index (χ2n) is 4.20. The second kappa shape index (κ2) is 6.25. The van der Waals surface area contributed by atoms with E-state index in [1.54, 1.807) is 14.2 Å². The summed E-state index contributed by atoms with van der Waals surface area (Å²) in [5, 5.41) is 0. The molecule has 0 aliphatic heterocycles. The molecule has 0 aliphatic rings. The Morgan fingerprint density at radius 1 is 1.41 bits per heavy atom. The van der Waals surface area contributed by atoms with Gasteiger partial charge in [0.2, 0.25) is 5.91 Å². The van der Waals surface area contributed by atoms with Gasteiger partial charge in [0, 0.05) is 12.6 Å². The highest BCUT2D eigenvalue weighted by molar-refractivity contribution is 5.78. The van der Waals surface area contributed by atoms with E-state index in [0.29, 0.717) is 12.3 Å². The highest BCUT2D eigenvalue weighted by Gasteiger charge is 2.10. The van der Waals surface area contributed by atoms with Gasteiger partial charge < -0.3 is 4.74 Å². The molecule has 17 heavy (non-hydrogen) atoms. The Labute approximate surface area is 102 Å². The number of hydrazine groups is 1. The largest absolute Gasteiger partial charge is 0.496 e. The summed E-state index contributed by atoms with van der Waals surface area (Å²) in [4.78, 5) is 11.5. The molecule has 1 rings (SSSR count).